The number of methoxy groups -OCH3 is 1. The van der Waals surface area contributed by atoms with E-state index < -0.39 is 5.97 Å². The van der Waals surface area contributed by atoms with Crippen LogP contribution < -0.4 is 9.47 Å². The van der Waals surface area contributed by atoms with E-state index in [1.54, 1.807) is 48.5 Å². The summed E-state index contributed by atoms with van der Waals surface area (Å²) in [5, 5.41) is -0.314. The molecule has 1 aliphatic rings. The predicted octanol–water partition coefficient (Wildman–Crippen LogP) is 5.15. The first-order chi connectivity index (χ1) is 15.5. The third-order valence-electron chi connectivity index (χ3n) is 4.75. The fourth-order valence-corrected chi connectivity index (χ4v) is 3.98. The number of ether oxygens (including phenoxy) is 2. The van der Waals surface area contributed by atoms with Gasteiger partial charge in [-0.25, -0.2) is 4.79 Å². The molecule has 0 bridgehead atoms. The van der Waals surface area contributed by atoms with E-state index in [0.29, 0.717) is 21.8 Å². The van der Waals surface area contributed by atoms with Crippen molar-refractivity contribution in [3.05, 3.63) is 100 Å². The summed E-state index contributed by atoms with van der Waals surface area (Å²) in [7, 11) is 1.46. The average Bonchev–Trinajstić information content (AvgIpc) is 3.08. The van der Waals surface area contributed by atoms with E-state index in [2.05, 4.69) is 0 Å². The Labute approximate surface area is 189 Å². The molecule has 1 heterocycles. The number of carbonyl (C=O) groups excluding carboxylic acids is 3. The normalized spacial score (nSPS) is 14.7. The van der Waals surface area contributed by atoms with Crippen molar-refractivity contribution < 1.29 is 23.9 Å². The molecule has 0 spiro atoms. The van der Waals surface area contributed by atoms with Gasteiger partial charge in [-0.05, 0) is 53.2 Å². The maximum atomic E-state index is 12.8. The third kappa shape index (κ3) is 4.73. The van der Waals surface area contributed by atoms with E-state index >= 15 is 0 Å². The number of amides is 2. The highest BCUT2D eigenvalue weighted by Gasteiger charge is 2.35. The quantitative estimate of drug-likeness (QED) is 0.297. The smallest absolute Gasteiger partial charge is 0.343 e. The van der Waals surface area contributed by atoms with Crippen LogP contribution in [0.2, 0.25) is 0 Å². The van der Waals surface area contributed by atoms with Gasteiger partial charge in [0, 0.05) is 0 Å². The van der Waals surface area contributed by atoms with Crippen LogP contribution in [0.5, 0.6) is 11.5 Å². The summed E-state index contributed by atoms with van der Waals surface area (Å²) in [6.45, 7) is 0.223. The maximum Gasteiger partial charge on any atom is 0.343 e. The first-order valence-electron chi connectivity index (χ1n) is 9.79. The Hall–Kier alpha value is -3.84. The number of benzene rings is 3. The molecule has 6 nitrogen and oxygen atoms in total. The molecule has 3 aromatic carbocycles. The first-order valence-corrected chi connectivity index (χ1v) is 10.6. The maximum absolute atomic E-state index is 12.8. The Kier molecular flexibility index (Phi) is 6.37. The van der Waals surface area contributed by atoms with Crippen LogP contribution in [0.15, 0.2) is 83.8 Å². The van der Waals surface area contributed by atoms with Crippen molar-refractivity contribution in [1.82, 2.24) is 4.90 Å². The molecule has 0 unspecified atom stereocenters. The van der Waals surface area contributed by atoms with Gasteiger partial charge in [0.15, 0.2) is 11.5 Å². The van der Waals surface area contributed by atoms with Crippen LogP contribution in [0.4, 0.5) is 4.79 Å². The Morgan fingerprint density at radius 3 is 2.31 bits per heavy atom. The highest BCUT2D eigenvalue weighted by Crippen LogP contribution is 2.35. The molecule has 1 fully saturated rings. The molecule has 0 aliphatic carbocycles. The molecule has 2 amide bonds. The molecule has 7 heteroatoms. The Morgan fingerprint density at radius 1 is 0.938 bits per heavy atom. The van der Waals surface area contributed by atoms with Gasteiger partial charge in [0.25, 0.3) is 11.1 Å². The van der Waals surface area contributed by atoms with Crippen LogP contribution in [-0.4, -0.2) is 29.1 Å². The Balaban J connectivity index is 1.52. The van der Waals surface area contributed by atoms with Crippen molar-refractivity contribution in [1.29, 1.82) is 0 Å². The minimum atomic E-state index is -0.501. The van der Waals surface area contributed by atoms with Crippen molar-refractivity contribution in [2.45, 2.75) is 6.54 Å². The van der Waals surface area contributed by atoms with Crippen molar-refractivity contribution in [3.8, 4) is 11.5 Å². The largest absolute Gasteiger partial charge is 0.493 e. The second-order valence-electron chi connectivity index (χ2n) is 6.92. The van der Waals surface area contributed by atoms with Crippen LogP contribution >= 0.6 is 11.8 Å². The number of hydrogen-bond acceptors (Lipinski definition) is 6. The van der Waals surface area contributed by atoms with Crippen molar-refractivity contribution in [2.75, 3.05) is 7.11 Å². The molecule has 32 heavy (non-hydrogen) atoms. The van der Waals surface area contributed by atoms with Gasteiger partial charge < -0.3 is 9.47 Å². The van der Waals surface area contributed by atoms with Gasteiger partial charge in [0.05, 0.1) is 24.1 Å². The van der Waals surface area contributed by atoms with Gasteiger partial charge in [0.1, 0.15) is 0 Å². The van der Waals surface area contributed by atoms with E-state index in [4.69, 9.17) is 9.47 Å². The van der Waals surface area contributed by atoms with Crippen LogP contribution in [0.25, 0.3) is 6.08 Å². The van der Waals surface area contributed by atoms with Crippen molar-refractivity contribution in [2.24, 2.45) is 0 Å². The number of nitrogens with zero attached hydrogens (tertiary/aromatic N) is 1. The molecule has 160 valence electrons. The minimum absolute atomic E-state index is 0.223. The lowest BCUT2D eigenvalue weighted by Gasteiger charge is -2.12. The summed E-state index contributed by atoms with van der Waals surface area (Å²) in [4.78, 5) is 39.0. The van der Waals surface area contributed by atoms with Crippen molar-refractivity contribution in [3.63, 3.8) is 0 Å². The summed E-state index contributed by atoms with van der Waals surface area (Å²) >= 11 is 0.894. The zero-order chi connectivity index (χ0) is 22.5. The first kappa shape index (κ1) is 21.4. The Morgan fingerprint density at radius 2 is 1.62 bits per heavy atom. The molecule has 1 saturated heterocycles. The van der Waals surface area contributed by atoms with E-state index in [1.807, 2.05) is 36.4 Å². The van der Waals surface area contributed by atoms with Crippen LogP contribution in [0, 0.1) is 0 Å². The van der Waals surface area contributed by atoms with E-state index in [-0.39, 0.29) is 23.4 Å². The minimum Gasteiger partial charge on any atom is -0.493 e. The van der Waals surface area contributed by atoms with Gasteiger partial charge in [0.2, 0.25) is 0 Å². The second-order valence-corrected chi connectivity index (χ2v) is 7.91. The van der Waals surface area contributed by atoms with Crippen LogP contribution in [-0.2, 0) is 11.3 Å². The molecular formula is C25H19NO5S. The van der Waals surface area contributed by atoms with Gasteiger partial charge >= 0.3 is 5.97 Å². The summed E-state index contributed by atoms with van der Waals surface area (Å²) in [5.74, 6) is -0.247. The highest BCUT2D eigenvalue weighted by atomic mass is 32.2. The zero-order valence-electron chi connectivity index (χ0n) is 17.2. The number of esters is 1. The topological polar surface area (TPSA) is 72.9 Å². The molecule has 0 N–H and O–H groups in total. The number of imide groups is 1. The summed E-state index contributed by atoms with van der Waals surface area (Å²) in [6, 6.07) is 22.9. The third-order valence-corrected chi connectivity index (χ3v) is 5.66. The molecule has 0 radical (unpaired) electrons. The van der Waals surface area contributed by atoms with E-state index in [1.165, 1.54) is 12.0 Å². The zero-order valence-corrected chi connectivity index (χ0v) is 18.0. The van der Waals surface area contributed by atoms with E-state index in [0.717, 1.165) is 17.3 Å². The Bertz CT molecular complexity index is 1190. The highest BCUT2D eigenvalue weighted by molar-refractivity contribution is 8.18. The van der Waals surface area contributed by atoms with Gasteiger partial charge in [-0.3, -0.25) is 14.5 Å². The molecule has 3 aromatic rings. The lowest BCUT2D eigenvalue weighted by Crippen LogP contribution is -2.27. The standard InChI is InChI=1S/C25H19NO5S/c1-30-21-14-18(12-13-20(21)31-24(28)19-10-6-3-7-11-19)15-22-23(27)26(25(29)32-22)16-17-8-4-2-5-9-17/h2-15H,16H2,1H3/b22-15-. The lowest BCUT2D eigenvalue weighted by molar-refractivity contribution is -0.123. The van der Waals surface area contributed by atoms with Crippen LogP contribution in [0.1, 0.15) is 21.5 Å². The summed E-state index contributed by atoms with van der Waals surface area (Å²) in [5.41, 5.74) is 1.94. The lowest BCUT2D eigenvalue weighted by atomic mass is 10.1. The fourth-order valence-electron chi connectivity index (χ4n) is 3.14. The van der Waals surface area contributed by atoms with Gasteiger partial charge in [-0.1, -0.05) is 54.6 Å². The van der Waals surface area contributed by atoms with Crippen LogP contribution in [0.3, 0.4) is 0 Å². The van der Waals surface area contributed by atoms with E-state index in [9.17, 15) is 14.4 Å². The summed E-state index contributed by atoms with van der Waals surface area (Å²) in [6.07, 6.45) is 1.63. The summed E-state index contributed by atoms with van der Waals surface area (Å²) < 4.78 is 10.8. The predicted molar refractivity (Wildman–Crippen MR) is 122 cm³/mol. The number of hydrogen-bond donors (Lipinski definition) is 0. The molecule has 0 aromatic heterocycles. The number of rotatable bonds is 6. The molecule has 4 rings (SSSR count). The monoisotopic (exact) mass is 445 g/mol. The number of carbonyl (C=O) groups is 3. The fraction of sp³-hybridized carbons (Fsp3) is 0.0800. The molecular weight excluding hydrogens is 426 g/mol. The second kappa shape index (κ2) is 9.53. The molecule has 1 aliphatic heterocycles. The number of thioether (sulfide) groups is 1. The van der Waals surface area contributed by atoms with Crippen molar-refractivity contribution >= 4 is 35.0 Å². The van der Waals surface area contributed by atoms with Gasteiger partial charge in [-0.2, -0.15) is 0 Å². The molecule has 0 saturated carbocycles. The van der Waals surface area contributed by atoms with Gasteiger partial charge in [-0.15, -0.1) is 0 Å². The SMILES string of the molecule is COc1cc(/C=C2\SC(=O)N(Cc3ccccc3)C2=O)ccc1OC(=O)c1ccccc1. The molecule has 0 atom stereocenters. The average molecular weight is 445 g/mol.